The Labute approximate surface area is 142 Å². The van der Waals surface area contributed by atoms with Crippen LogP contribution in [0.5, 0.6) is 0 Å². The number of hydrogen-bond acceptors (Lipinski definition) is 4. The van der Waals surface area contributed by atoms with Crippen molar-refractivity contribution in [2.45, 2.75) is 38.8 Å². The topological polar surface area (TPSA) is 59.8 Å². The van der Waals surface area contributed by atoms with E-state index < -0.39 is 0 Å². The Balaban J connectivity index is 1.49. The summed E-state index contributed by atoms with van der Waals surface area (Å²) in [5, 5.41) is 8.29. The molecular formula is C17H17FN4OS. The molecule has 0 spiro atoms. The molecule has 2 aromatic heterocycles. The maximum Gasteiger partial charge on any atom is 0.261 e. The average Bonchev–Trinajstić information content (AvgIpc) is 3.17. The third-order valence-corrected chi connectivity index (χ3v) is 5.37. The summed E-state index contributed by atoms with van der Waals surface area (Å²) in [7, 11) is 0. The van der Waals surface area contributed by atoms with Crippen LogP contribution in [0.2, 0.25) is 0 Å². The van der Waals surface area contributed by atoms with Crippen molar-refractivity contribution in [3.05, 3.63) is 46.6 Å². The lowest BCUT2D eigenvalue weighted by Crippen LogP contribution is -2.41. The molecular weight excluding hydrogens is 327 g/mol. The predicted molar refractivity (Wildman–Crippen MR) is 90.8 cm³/mol. The number of nitrogens with zero attached hydrogens (tertiary/aromatic N) is 3. The van der Waals surface area contributed by atoms with Crippen LogP contribution in [0.1, 0.15) is 34.7 Å². The number of fused-ring (bicyclic) bond motifs is 2. The number of aryl methyl sites for hydroxylation is 2. The van der Waals surface area contributed by atoms with Gasteiger partial charge in [-0.3, -0.25) is 4.79 Å². The van der Waals surface area contributed by atoms with Crippen LogP contribution in [-0.2, 0) is 19.4 Å². The Bertz CT molecular complexity index is 917. The first kappa shape index (κ1) is 15.3. The molecule has 24 heavy (non-hydrogen) atoms. The van der Waals surface area contributed by atoms with Crippen LogP contribution in [0.25, 0.3) is 10.1 Å². The molecule has 4 rings (SSSR count). The van der Waals surface area contributed by atoms with Gasteiger partial charge in [-0.2, -0.15) is 5.10 Å². The quantitative estimate of drug-likeness (QED) is 0.795. The summed E-state index contributed by atoms with van der Waals surface area (Å²) in [4.78, 5) is 17.6. The highest BCUT2D eigenvalue weighted by Gasteiger charge is 2.23. The number of thiophene rings is 1. The smallest absolute Gasteiger partial charge is 0.261 e. The molecule has 3 aromatic rings. The van der Waals surface area contributed by atoms with Crippen LogP contribution in [0.4, 0.5) is 4.39 Å². The molecule has 1 atom stereocenters. The summed E-state index contributed by atoms with van der Waals surface area (Å²) in [6.07, 6.45) is 2.48. The van der Waals surface area contributed by atoms with Gasteiger partial charge < -0.3 is 5.32 Å². The lowest BCUT2D eigenvalue weighted by atomic mass is 10.1. The summed E-state index contributed by atoms with van der Waals surface area (Å²) in [6, 6.07) is 6.37. The summed E-state index contributed by atoms with van der Waals surface area (Å²) >= 11 is 1.38. The lowest BCUT2D eigenvalue weighted by molar-refractivity contribution is 0.0930. The second kappa shape index (κ2) is 5.98. The van der Waals surface area contributed by atoms with E-state index in [-0.39, 0.29) is 17.8 Å². The van der Waals surface area contributed by atoms with Crippen LogP contribution in [0, 0.1) is 5.82 Å². The van der Waals surface area contributed by atoms with Crippen molar-refractivity contribution in [3.63, 3.8) is 0 Å². The van der Waals surface area contributed by atoms with Crippen LogP contribution in [-0.4, -0.2) is 26.7 Å². The molecule has 1 aromatic carbocycles. The van der Waals surface area contributed by atoms with Crippen LogP contribution in [0.15, 0.2) is 24.3 Å². The first-order valence-electron chi connectivity index (χ1n) is 8.05. The van der Waals surface area contributed by atoms with E-state index in [4.69, 9.17) is 0 Å². The van der Waals surface area contributed by atoms with Gasteiger partial charge in [-0.05, 0) is 36.1 Å². The van der Waals surface area contributed by atoms with E-state index in [9.17, 15) is 9.18 Å². The Hall–Kier alpha value is -2.28. The van der Waals surface area contributed by atoms with E-state index in [1.165, 1.54) is 23.5 Å². The van der Waals surface area contributed by atoms with Crippen molar-refractivity contribution < 1.29 is 9.18 Å². The third-order valence-electron chi connectivity index (χ3n) is 4.26. The van der Waals surface area contributed by atoms with Crippen molar-refractivity contribution in [2.75, 3.05) is 0 Å². The van der Waals surface area contributed by atoms with Gasteiger partial charge in [0.05, 0.1) is 11.4 Å². The molecule has 5 nitrogen and oxygen atoms in total. The number of carbonyl (C=O) groups excluding carboxylic acids is 1. The zero-order chi connectivity index (χ0) is 16.7. The normalized spacial score (nSPS) is 17.0. The largest absolute Gasteiger partial charge is 0.347 e. The van der Waals surface area contributed by atoms with Gasteiger partial charge in [-0.1, -0.05) is 6.92 Å². The summed E-state index contributed by atoms with van der Waals surface area (Å²) in [5.41, 5.74) is 0. The van der Waals surface area contributed by atoms with Gasteiger partial charge in [0.1, 0.15) is 11.6 Å². The number of carbonyl (C=O) groups is 1. The highest BCUT2D eigenvalue weighted by atomic mass is 32.1. The third kappa shape index (κ3) is 2.80. The average molecular weight is 344 g/mol. The highest BCUT2D eigenvalue weighted by molar-refractivity contribution is 7.20. The Morgan fingerprint density at radius 3 is 3.17 bits per heavy atom. The van der Waals surface area contributed by atoms with E-state index in [0.717, 1.165) is 41.0 Å². The SMILES string of the molecule is CCc1nc2n(n1)CC(NC(=O)c1cc3cc(F)ccc3s1)CC2. The van der Waals surface area contributed by atoms with E-state index in [2.05, 4.69) is 15.4 Å². The highest BCUT2D eigenvalue weighted by Crippen LogP contribution is 2.26. The molecule has 1 aliphatic heterocycles. The molecule has 0 fully saturated rings. The van der Waals surface area contributed by atoms with Gasteiger partial charge in [0, 0.05) is 23.6 Å². The molecule has 1 N–H and O–H groups in total. The number of halogens is 1. The number of aromatic nitrogens is 3. The summed E-state index contributed by atoms with van der Waals surface area (Å²) < 4.78 is 16.1. The number of nitrogens with one attached hydrogen (secondary N) is 1. The second-order valence-electron chi connectivity index (χ2n) is 5.98. The van der Waals surface area contributed by atoms with Gasteiger partial charge >= 0.3 is 0 Å². The van der Waals surface area contributed by atoms with E-state index in [1.807, 2.05) is 11.6 Å². The molecule has 0 bridgehead atoms. The fourth-order valence-corrected chi connectivity index (χ4v) is 3.96. The van der Waals surface area contributed by atoms with Crippen molar-refractivity contribution in [3.8, 4) is 0 Å². The van der Waals surface area contributed by atoms with E-state index in [1.54, 1.807) is 12.1 Å². The molecule has 0 saturated heterocycles. The molecule has 3 heterocycles. The van der Waals surface area contributed by atoms with Crippen molar-refractivity contribution in [1.82, 2.24) is 20.1 Å². The van der Waals surface area contributed by atoms with E-state index in [0.29, 0.717) is 11.4 Å². The maximum atomic E-state index is 13.3. The molecule has 0 saturated carbocycles. The molecule has 1 unspecified atom stereocenters. The molecule has 1 aliphatic rings. The first-order chi connectivity index (χ1) is 11.6. The molecule has 1 amide bonds. The van der Waals surface area contributed by atoms with Gasteiger partial charge in [0.2, 0.25) is 0 Å². The zero-order valence-corrected chi connectivity index (χ0v) is 14.1. The Morgan fingerprint density at radius 1 is 1.46 bits per heavy atom. The van der Waals surface area contributed by atoms with Gasteiger partial charge in [0.15, 0.2) is 5.82 Å². The number of amides is 1. The number of benzene rings is 1. The second-order valence-corrected chi connectivity index (χ2v) is 7.07. The fraction of sp³-hybridized carbons (Fsp3) is 0.353. The predicted octanol–water partition coefficient (Wildman–Crippen LogP) is 2.94. The molecule has 7 heteroatoms. The summed E-state index contributed by atoms with van der Waals surface area (Å²) in [5.74, 6) is 1.45. The van der Waals surface area contributed by atoms with Gasteiger partial charge in [0.25, 0.3) is 5.91 Å². The maximum absolute atomic E-state index is 13.3. The van der Waals surface area contributed by atoms with Crippen LogP contribution < -0.4 is 5.32 Å². The van der Waals surface area contributed by atoms with Crippen LogP contribution in [0.3, 0.4) is 0 Å². The van der Waals surface area contributed by atoms with E-state index >= 15 is 0 Å². The number of hydrogen-bond donors (Lipinski definition) is 1. The standard InChI is InChI=1S/C17H17FN4OS/c1-2-15-20-16-6-4-12(9-22(16)21-15)19-17(23)14-8-10-7-11(18)3-5-13(10)24-14/h3,5,7-8,12H,2,4,6,9H2,1H3,(H,19,23). The molecule has 0 aliphatic carbocycles. The van der Waals surface area contributed by atoms with Crippen LogP contribution >= 0.6 is 11.3 Å². The fourth-order valence-electron chi connectivity index (χ4n) is 3.01. The lowest BCUT2D eigenvalue weighted by Gasteiger charge is -2.23. The zero-order valence-electron chi connectivity index (χ0n) is 13.3. The minimum absolute atomic E-state index is 0.0401. The van der Waals surface area contributed by atoms with Crippen molar-refractivity contribution >= 4 is 27.3 Å². The minimum Gasteiger partial charge on any atom is -0.347 e. The number of rotatable bonds is 3. The monoisotopic (exact) mass is 344 g/mol. The van der Waals surface area contributed by atoms with Gasteiger partial charge in [-0.25, -0.2) is 14.1 Å². The summed E-state index contributed by atoms with van der Waals surface area (Å²) in [6.45, 7) is 2.68. The minimum atomic E-state index is -0.287. The Kier molecular flexibility index (Phi) is 3.80. The van der Waals surface area contributed by atoms with Crippen molar-refractivity contribution in [1.29, 1.82) is 0 Å². The van der Waals surface area contributed by atoms with Gasteiger partial charge in [-0.15, -0.1) is 11.3 Å². The van der Waals surface area contributed by atoms with Crippen molar-refractivity contribution in [2.24, 2.45) is 0 Å². The Morgan fingerprint density at radius 2 is 2.33 bits per heavy atom. The molecule has 0 radical (unpaired) electrons. The molecule has 124 valence electrons. The first-order valence-corrected chi connectivity index (χ1v) is 8.86.